The fourth-order valence-corrected chi connectivity index (χ4v) is 4.15. The van der Waals surface area contributed by atoms with Crippen molar-refractivity contribution < 1.29 is 13.2 Å². The molecule has 0 aromatic heterocycles. The molecule has 0 radical (unpaired) electrons. The maximum Gasteiger partial charge on any atom is 0.319 e. The fraction of sp³-hybridized carbons (Fsp3) is 0.588. The van der Waals surface area contributed by atoms with Crippen LogP contribution in [0.3, 0.4) is 0 Å². The van der Waals surface area contributed by atoms with E-state index in [0.29, 0.717) is 23.7 Å². The van der Waals surface area contributed by atoms with Crippen molar-refractivity contribution in [2.75, 3.05) is 15.8 Å². The van der Waals surface area contributed by atoms with Gasteiger partial charge in [0.1, 0.15) is 0 Å². The molecule has 0 spiro atoms. The van der Waals surface area contributed by atoms with Gasteiger partial charge in [0, 0.05) is 11.7 Å². The second-order valence-corrected chi connectivity index (χ2v) is 8.31. The Balaban J connectivity index is 1.95. The first-order valence-corrected chi connectivity index (χ1v) is 10.2. The van der Waals surface area contributed by atoms with E-state index >= 15 is 0 Å². The van der Waals surface area contributed by atoms with Crippen LogP contribution in [0, 0.1) is 5.92 Å². The van der Waals surface area contributed by atoms with Gasteiger partial charge in [0.2, 0.25) is 10.0 Å². The summed E-state index contributed by atoms with van der Waals surface area (Å²) in [5, 5.41) is 5.80. The smallest absolute Gasteiger partial charge is 0.319 e. The van der Waals surface area contributed by atoms with Gasteiger partial charge in [-0.2, -0.15) is 0 Å². The van der Waals surface area contributed by atoms with Crippen molar-refractivity contribution in [1.82, 2.24) is 5.32 Å². The molecule has 2 amide bonds. The van der Waals surface area contributed by atoms with E-state index < -0.39 is 10.0 Å². The first kappa shape index (κ1) is 18.6. The predicted molar refractivity (Wildman–Crippen MR) is 97.7 cm³/mol. The standard InChI is InChI=1S/C17H27N3O3S/c1-3-11-24(22,23)20-15-9-6-8-14(12-15)18-17(21)19-16-10-5-4-7-13(16)2/h6,8-9,12-13,16,20H,3-5,7,10-11H2,1-2H3,(H2,18,19,21). The highest BCUT2D eigenvalue weighted by Crippen LogP contribution is 2.24. The number of nitrogens with one attached hydrogen (secondary N) is 3. The molecule has 24 heavy (non-hydrogen) atoms. The van der Waals surface area contributed by atoms with Crippen molar-refractivity contribution in [3.05, 3.63) is 24.3 Å². The van der Waals surface area contributed by atoms with Gasteiger partial charge in [-0.25, -0.2) is 13.2 Å². The van der Waals surface area contributed by atoms with Gasteiger partial charge in [0.05, 0.1) is 11.4 Å². The van der Waals surface area contributed by atoms with Crippen molar-refractivity contribution in [2.45, 2.75) is 52.0 Å². The molecule has 0 saturated heterocycles. The highest BCUT2D eigenvalue weighted by molar-refractivity contribution is 7.92. The molecule has 0 aliphatic heterocycles. The van der Waals surface area contributed by atoms with Gasteiger partial charge in [-0.15, -0.1) is 0 Å². The summed E-state index contributed by atoms with van der Waals surface area (Å²) in [6, 6.07) is 6.69. The molecule has 2 atom stereocenters. The third-order valence-electron chi connectivity index (χ3n) is 4.29. The lowest BCUT2D eigenvalue weighted by Crippen LogP contribution is -2.43. The molecular weight excluding hydrogens is 326 g/mol. The number of amides is 2. The van der Waals surface area contributed by atoms with Crippen molar-refractivity contribution in [1.29, 1.82) is 0 Å². The van der Waals surface area contributed by atoms with Crippen molar-refractivity contribution in [3.63, 3.8) is 0 Å². The monoisotopic (exact) mass is 353 g/mol. The number of carbonyl (C=O) groups excluding carboxylic acids is 1. The van der Waals surface area contributed by atoms with Gasteiger partial charge in [-0.05, 0) is 43.4 Å². The van der Waals surface area contributed by atoms with Crippen LogP contribution in [0.2, 0.25) is 0 Å². The van der Waals surface area contributed by atoms with Crippen molar-refractivity contribution in [2.24, 2.45) is 5.92 Å². The van der Waals surface area contributed by atoms with E-state index in [9.17, 15) is 13.2 Å². The Morgan fingerprint density at radius 3 is 2.62 bits per heavy atom. The van der Waals surface area contributed by atoms with Gasteiger partial charge in [0.15, 0.2) is 0 Å². The minimum absolute atomic E-state index is 0.0741. The van der Waals surface area contributed by atoms with Gasteiger partial charge >= 0.3 is 6.03 Å². The minimum atomic E-state index is -3.34. The SMILES string of the molecule is CCCS(=O)(=O)Nc1cccc(NC(=O)NC2CCCCC2C)c1. The minimum Gasteiger partial charge on any atom is -0.335 e. The first-order chi connectivity index (χ1) is 11.4. The largest absolute Gasteiger partial charge is 0.335 e. The number of rotatable bonds is 6. The lowest BCUT2D eigenvalue weighted by molar-refractivity contribution is 0.232. The molecule has 1 fully saturated rings. The van der Waals surface area contributed by atoms with Crippen LogP contribution in [0.5, 0.6) is 0 Å². The molecule has 2 unspecified atom stereocenters. The molecule has 1 aliphatic carbocycles. The van der Waals surface area contributed by atoms with E-state index in [2.05, 4.69) is 22.3 Å². The Morgan fingerprint density at radius 1 is 1.21 bits per heavy atom. The summed E-state index contributed by atoms with van der Waals surface area (Å²) in [6.45, 7) is 3.97. The van der Waals surface area contributed by atoms with Gasteiger partial charge < -0.3 is 10.6 Å². The summed E-state index contributed by atoms with van der Waals surface area (Å²) < 4.78 is 26.2. The van der Waals surface area contributed by atoms with Crippen LogP contribution in [0.4, 0.5) is 16.2 Å². The van der Waals surface area contributed by atoms with Gasteiger partial charge in [0.25, 0.3) is 0 Å². The van der Waals surface area contributed by atoms with Crippen LogP contribution in [0.1, 0.15) is 46.0 Å². The zero-order valence-electron chi connectivity index (χ0n) is 14.3. The Morgan fingerprint density at radius 2 is 1.92 bits per heavy atom. The summed E-state index contributed by atoms with van der Waals surface area (Å²) >= 11 is 0. The number of benzene rings is 1. The van der Waals surface area contributed by atoms with E-state index in [1.165, 1.54) is 6.42 Å². The Bertz CT molecular complexity index is 661. The van der Waals surface area contributed by atoms with Gasteiger partial charge in [-0.1, -0.05) is 32.8 Å². The van der Waals surface area contributed by atoms with Crippen LogP contribution in [0.15, 0.2) is 24.3 Å². The first-order valence-electron chi connectivity index (χ1n) is 8.57. The highest BCUT2D eigenvalue weighted by atomic mass is 32.2. The third kappa shape index (κ3) is 5.70. The lowest BCUT2D eigenvalue weighted by Gasteiger charge is -2.29. The topological polar surface area (TPSA) is 87.3 Å². The van der Waals surface area contributed by atoms with E-state index in [0.717, 1.165) is 19.3 Å². The average molecular weight is 353 g/mol. The molecule has 134 valence electrons. The van der Waals surface area contributed by atoms with Crippen LogP contribution < -0.4 is 15.4 Å². The summed E-state index contributed by atoms with van der Waals surface area (Å²) in [7, 11) is -3.34. The number of anilines is 2. The number of urea groups is 1. The molecule has 3 N–H and O–H groups in total. The van der Waals surface area contributed by atoms with Crippen LogP contribution in [-0.2, 0) is 10.0 Å². The molecule has 1 aromatic carbocycles. The molecule has 1 saturated carbocycles. The molecular formula is C17H27N3O3S. The fourth-order valence-electron chi connectivity index (χ4n) is 3.03. The molecule has 2 rings (SSSR count). The Labute approximate surface area is 144 Å². The van der Waals surface area contributed by atoms with Crippen LogP contribution >= 0.6 is 0 Å². The highest BCUT2D eigenvalue weighted by Gasteiger charge is 2.22. The molecule has 0 bridgehead atoms. The molecule has 7 heteroatoms. The number of carbonyl (C=O) groups is 1. The number of hydrogen-bond acceptors (Lipinski definition) is 3. The Kier molecular flexibility index (Phi) is 6.48. The normalized spacial score (nSPS) is 21.1. The molecule has 1 aliphatic rings. The van der Waals surface area contributed by atoms with Crippen molar-refractivity contribution >= 4 is 27.4 Å². The summed E-state index contributed by atoms with van der Waals surface area (Å²) in [5.74, 6) is 0.557. The maximum atomic E-state index is 12.2. The predicted octanol–water partition coefficient (Wildman–Crippen LogP) is 3.54. The number of hydrogen-bond donors (Lipinski definition) is 3. The van der Waals surface area contributed by atoms with Crippen LogP contribution in [0.25, 0.3) is 0 Å². The van der Waals surface area contributed by atoms with E-state index in [1.807, 2.05) is 6.92 Å². The quantitative estimate of drug-likeness (QED) is 0.731. The molecule has 1 aromatic rings. The third-order valence-corrected chi connectivity index (χ3v) is 5.79. The maximum absolute atomic E-state index is 12.2. The summed E-state index contributed by atoms with van der Waals surface area (Å²) in [4.78, 5) is 12.2. The second-order valence-electron chi connectivity index (χ2n) is 6.47. The summed E-state index contributed by atoms with van der Waals surface area (Å²) in [5.41, 5.74) is 1.01. The van der Waals surface area contributed by atoms with E-state index in [4.69, 9.17) is 0 Å². The average Bonchev–Trinajstić information content (AvgIpc) is 2.49. The van der Waals surface area contributed by atoms with Gasteiger partial charge in [-0.3, -0.25) is 4.72 Å². The second kappa shape index (κ2) is 8.37. The lowest BCUT2D eigenvalue weighted by atomic mass is 9.86. The Hall–Kier alpha value is -1.76. The van der Waals surface area contributed by atoms with Crippen molar-refractivity contribution in [3.8, 4) is 0 Å². The summed E-state index contributed by atoms with van der Waals surface area (Å²) in [6.07, 6.45) is 5.06. The zero-order valence-corrected chi connectivity index (χ0v) is 15.2. The zero-order chi connectivity index (χ0) is 17.6. The van der Waals surface area contributed by atoms with E-state index in [1.54, 1.807) is 24.3 Å². The van der Waals surface area contributed by atoms with Crippen LogP contribution in [-0.4, -0.2) is 26.2 Å². The number of sulfonamides is 1. The molecule has 0 heterocycles. The molecule has 6 nitrogen and oxygen atoms in total. The van der Waals surface area contributed by atoms with E-state index in [-0.39, 0.29) is 17.8 Å².